The van der Waals surface area contributed by atoms with Crippen LogP contribution in [-0.2, 0) is 6.54 Å². The maximum Gasteiger partial charge on any atom is 0.126 e. The molecule has 116 valence electrons. The molecule has 0 aromatic heterocycles. The van der Waals surface area contributed by atoms with Gasteiger partial charge in [0.15, 0.2) is 0 Å². The monoisotopic (exact) mass is 297 g/mol. The number of para-hydroxylation sites is 1. The van der Waals surface area contributed by atoms with Gasteiger partial charge in [-0.1, -0.05) is 48.5 Å². The molecule has 22 heavy (non-hydrogen) atoms. The Morgan fingerprint density at radius 1 is 0.955 bits per heavy atom. The highest BCUT2D eigenvalue weighted by Crippen LogP contribution is 2.24. The first kappa shape index (κ1) is 15.1. The molecule has 2 aromatic carbocycles. The van der Waals surface area contributed by atoms with Gasteiger partial charge in [0, 0.05) is 12.6 Å². The lowest BCUT2D eigenvalue weighted by Gasteiger charge is -2.35. The SMILES string of the molecule is O[C@@H]1[C@@H](NCc2ccccc2)CCC[C@H]1Oc1ccccc1. The first-order chi connectivity index (χ1) is 10.8. The van der Waals surface area contributed by atoms with Crippen LogP contribution in [0, 0.1) is 0 Å². The van der Waals surface area contributed by atoms with Gasteiger partial charge in [-0.2, -0.15) is 0 Å². The minimum atomic E-state index is -0.474. The summed E-state index contributed by atoms with van der Waals surface area (Å²) in [6.45, 7) is 0.778. The molecule has 0 bridgehead atoms. The number of hydrogen-bond acceptors (Lipinski definition) is 3. The quantitative estimate of drug-likeness (QED) is 0.891. The van der Waals surface area contributed by atoms with Crippen LogP contribution in [0.3, 0.4) is 0 Å². The molecule has 1 aliphatic rings. The van der Waals surface area contributed by atoms with E-state index in [9.17, 15) is 5.11 Å². The van der Waals surface area contributed by atoms with E-state index in [0.29, 0.717) is 0 Å². The maximum absolute atomic E-state index is 10.6. The molecule has 0 heterocycles. The second kappa shape index (κ2) is 7.43. The summed E-state index contributed by atoms with van der Waals surface area (Å²) in [5.74, 6) is 0.829. The molecule has 1 aliphatic carbocycles. The van der Waals surface area contributed by atoms with Crippen LogP contribution in [0.15, 0.2) is 60.7 Å². The van der Waals surface area contributed by atoms with Gasteiger partial charge < -0.3 is 15.2 Å². The minimum absolute atomic E-state index is 0.0858. The van der Waals surface area contributed by atoms with E-state index in [1.807, 2.05) is 48.5 Å². The Morgan fingerprint density at radius 2 is 1.64 bits per heavy atom. The summed E-state index contributed by atoms with van der Waals surface area (Å²) in [4.78, 5) is 0. The summed E-state index contributed by atoms with van der Waals surface area (Å²) in [6.07, 6.45) is 2.35. The number of benzene rings is 2. The van der Waals surface area contributed by atoms with Crippen molar-refractivity contribution < 1.29 is 9.84 Å². The summed E-state index contributed by atoms with van der Waals surface area (Å²) in [5.41, 5.74) is 1.24. The molecule has 0 spiro atoms. The molecule has 0 unspecified atom stereocenters. The zero-order valence-corrected chi connectivity index (χ0v) is 12.7. The number of rotatable bonds is 5. The van der Waals surface area contributed by atoms with E-state index in [0.717, 1.165) is 31.6 Å². The number of ether oxygens (including phenoxy) is 1. The fourth-order valence-corrected chi connectivity index (χ4v) is 3.01. The third-order valence-corrected chi connectivity index (χ3v) is 4.24. The molecular weight excluding hydrogens is 274 g/mol. The molecule has 2 aromatic rings. The third-order valence-electron chi connectivity index (χ3n) is 4.24. The summed E-state index contributed by atoms with van der Waals surface area (Å²) in [7, 11) is 0. The largest absolute Gasteiger partial charge is 0.488 e. The second-order valence-corrected chi connectivity index (χ2v) is 5.86. The molecule has 3 rings (SSSR count). The van der Waals surface area contributed by atoms with Crippen molar-refractivity contribution in [2.24, 2.45) is 0 Å². The van der Waals surface area contributed by atoms with E-state index >= 15 is 0 Å². The highest BCUT2D eigenvalue weighted by atomic mass is 16.5. The molecule has 3 nitrogen and oxygen atoms in total. The zero-order chi connectivity index (χ0) is 15.2. The van der Waals surface area contributed by atoms with Gasteiger partial charge in [0.05, 0.1) is 0 Å². The number of hydrogen-bond donors (Lipinski definition) is 2. The van der Waals surface area contributed by atoms with Gasteiger partial charge in [0.1, 0.15) is 18.0 Å². The van der Waals surface area contributed by atoms with Gasteiger partial charge in [-0.25, -0.2) is 0 Å². The van der Waals surface area contributed by atoms with Gasteiger partial charge in [-0.05, 0) is 37.0 Å². The van der Waals surface area contributed by atoms with E-state index in [1.165, 1.54) is 5.56 Å². The van der Waals surface area contributed by atoms with Crippen molar-refractivity contribution in [3.8, 4) is 5.75 Å². The number of aliphatic hydroxyl groups excluding tert-OH is 1. The van der Waals surface area contributed by atoms with Gasteiger partial charge in [-0.3, -0.25) is 0 Å². The predicted molar refractivity (Wildman–Crippen MR) is 87.8 cm³/mol. The fraction of sp³-hybridized carbons (Fsp3) is 0.368. The Labute approximate surface area is 131 Å². The van der Waals surface area contributed by atoms with Gasteiger partial charge >= 0.3 is 0 Å². The molecule has 1 saturated carbocycles. The number of aliphatic hydroxyl groups is 1. The lowest BCUT2D eigenvalue weighted by atomic mass is 9.89. The maximum atomic E-state index is 10.6. The van der Waals surface area contributed by atoms with Crippen molar-refractivity contribution in [2.45, 2.75) is 44.1 Å². The molecule has 1 fully saturated rings. The molecule has 0 aliphatic heterocycles. The Bertz CT molecular complexity index is 558. The van der Waals surface area contributed by atoms with Crippen molar-refractivity contribution in [1.29, 1.82) is 0 Å². The van der Waals surface area contributed by atoms with Crippen molar-refractivity contribution in [3.05, 3.63) is 66.2 Å². The molecule has 3 heteroatoms. The topological polar surface area (TPSA) is 41.5 Å². The Kier molecular flexibility index (Phi) is 5.09. The normalized spacial score (nSPS) is 24.9. The van der Waals surface area contributed by atoms with Crippen molar-refractivity contribution in [1.82, 2.24) is 5.32 Å². The number of nitrogens with one attached hydrogen (secondary N) is 1. The first-order valence-electron chi connectivity index (χ1n) is 8.00. The molecule has 3 atom stereocenters. The molecule has 2 N–H and O–H groups in total. The molecule has 0 saturated heterocycles. The van der Waals surface area contributed by atoms with Crippen LogP contribution < -0.4 is 10.1 Å². The van der Waals surface area contributed by atoms with E-state index in [-0.39, 0.29) is 12.1 Å². The average Bonchev–Trinajstić information content (AvgIpc) is 2.58. The summed E-state index contributed by atoms with van der Waals surface area (Å²) in [6, 6.07) is 20.1. The highest BCUT2D eigenvalue weighted by Gasteiger charge is 2.32. The fourth-order valence-electron chi connectivity index (χ4n) is 3.01. The van der Waals surface area contributed by atoms with Crippen molar-refractivity contribution in [2.75, 3.05) is 0 Å². The average molecular weight is 297 g/mol. The lowest BCUT2D eigenvalue weighted by molar-refractivity contribution is -0.0157. The van der Waals surface area contributed by atoms with Crippen LogP contribution in [0.1, 0.15) is 24.8 Å². The highest BCUT2D eigenvalue weighted by molar-refractivity contribution is 5.21. The Balaban J connectivity index is 1.56. The van der Waals surface area contributed by atoms with Crippen LogP contribution in [-0.4, -0.2) is 23.4 Å². The smallest absolute Gasteiger partial charge is 0.126 e. The van der Waals surface area contributed by atoms with Crippen molar-refractivity contribution >= 4 is 0 Å². The summed E-state index contributed by atoms with van der Waals surface area (Å²) in [5, 5.41) is 14.1. The summed E-state index contributed by atoms with van der Waals surface area (Å²) >= 11 is 0. The van der Waals surface area contributed by atoms with Crippen LogP contribution in [0.2, 0.25) is 0 Å². The van der Waals surface area contributed by atoms with Gasteiger partial charge in [0.2, 0.25) is 0 Å². The molecule has 0 amide bonds. The van der Waals surface area contributed by atoms with E-state index in [4.69, 9.17) is 4.74 Å². The van der Waals surface area contributed by atoms with E-state index in [2.05, 4.69) is 17.4 Å². The van der Waals surface area contributed by atoms with Gasteiger partial charge in [-0.15, -0.1) is 0 Å². The second-order valence-electron chi connectivity index (χ2n) is 5.86. The van der Waals surface area contributed by atoms with Crippen LogP contribution in [0.5, 0.6) is 5.75 Å². The van der Waals surface area contributed by atoms with Crippen LogP contribution in [0.4, 0.5) is 0 Å². The first-order valence-corrected chi connectivity index (χ1v) is 8.00. The third kappa shape index (κ3) is 3.87. The predicted octanol–water partition coefficient (Wildman–Crippen LogP) is 3.14. The van der Waals surface area contributed by atoms with Crippen molar-refractivity contribution in [3.63, 3.8) is 0 Å². The summed E-state index contributed by atoms with van der Waals surface area (Å²) < 4.78 is 5.96. The molecular formula is C19H23NO2. The minimum Gasteiger partial charge on any atom is -0.488 e. The van der Waals surface area contributed by atoms with E-state index < -0.39 is 6.10 Å². The van der Waals surface area contributed by atoms with E-state index in [1.54, 1.807) is 0 Å². The lowest BCUT2D eigenvalue weighted by Crippen LogP contribution is -2.50. The van der Waals surface area contributed by atoms with Crippen LogP contribution in [0.25, 0.3) is 0 Å². The zero-order valence-electron chi connectivity index (χ0n) is 12.7. The van der Waals surface area contributed by atoms with Gasteiger partial charge in [0.25, 0.3) is 0 Å². The van der Waals surface area contributed by atoms with Crippen LogP contribution >= 0.6 is 0 Å². The Morgan fingerprint density at radius 3 is 2.36 bits per heavy atom. The standard InChI is InChI=1S/C19H23NO2/c21-19-17(20-14-15-8-3-1-4-9-15)12-7-13-18(19)22-16-10-5-2-6-11-16/h1-6,8-11,17-21H,7,12-14H2/t17-,18+,19+/m0/s1. The Hall–Kier alpha value is -1.84. The molecule has 0 radical (unpaired) electrons.